The van der Waals surface area contributed by atoms with Crippen LogP contribution in [0.15, 0.2) is 36.4 Å². The maximum Gasteiger partial charge on any atom is 0.405 e. The highest BCUT2D eigenvalue weighted by atomic mass is 19.4. The van der Waals surface area contributed by atoms with E-state index in [4.69, 9.17) is 0 Å². The van der Waals surface area contributed by atoms with Crippen molar-refractivity contribution in [3.8, 4) is 0 Å². The molecule has 1 aromatic carbocycles. The van der Waals surface area contributed by atoms with Crippen molar-refractivity contribution in [3.63, 3.8) is 0 Å². The zero-order valence-corrected chi connectivity index (χ0v) is 12.3. The van der Waals surface area contributed by atoms with Gasteiger partial charge in [-0.3, -0.25) is 9.59 Å². The van der Waals surface area contributed by atoms with Gasteiger partial charge in [0.1, 0.15) is 6.54 Å². The van der Waals surface area contributed by atoms with Gasteiger partial charge >= 0.3 is 6.18 Å². The number of amides is 2. The maximum atomic E-state index is 12.0. The van der Waals surface area contributed by atoms with Gasteiger partial charge in [-0.05, 0) is 43.0 Å². The number of halogens is 3. The van der Waals surface area contributed by atoms with Crippen LogP contribution in [-0.4, -0.2) is 24.5 Å². The molecule has 0 aliphatic heterocycles. The molecule has 0 fully saturated rings. The second-order valence-corrected chi connectivity index (χ2v) is 5.39. The molecular weight excluding hydrogens is 309 g/mol. The lowest BCUT2D eigenvalue weighted by Crippen LogP contribution is -2.33. The topological polar surface area (TPSA) is 58.2 Å². The monoisotopic (exact) mass is 326 g/mol. The third kappa shape index (κ3) is 5.77. The summed E-state index contributed by atoms with van der Waals surface area (Å²) in [6.07, 6.45) is 1.97. The third-order valence-corrected chi connectivity index (χ3v) is 3.44. The highest BCUT2D eigenvalue weighted by Gasteiger charge is 2.27. The van der Waals surface area contributed by atoms with E-state index < -0.39 is 18.6 Å². The molecular formula is C16H17F3N2O2. The van der Waals surface area contributed by atoms with Gasteiger partial charge in [-0.25, -0.2) is 0 Å². The standard InChI is InChI=1S/C16H17F3N2O2/c17-16(18,19)10-20-15(23)12-5-7-13(8-6-12)21-14(22)9-11-3-1-2-4-11/h1,3,5-8,11H,2,4,9-10H2,(H,20,23)(H,21,22). The van der Waals surface area contributed by atoms with Crippen molar-refractivity contribution >= 4 is 17.5 Å². The van der Waals surface area contributed by atoms with E-state index >= 15 is 0 Å². The average Bonchev–Trinajstić information content (AvgIpc) is 2.97. The molecule has 1 aliphatic carbocycles. The van der Waals surface area contributed by atoms with Crippen molar-refractivity contribution in [2.75, 3.05) is 11.9 Å². The minimum Gasteiger partial charge on any atom is -0.343 e. The summed E-state index contributed by atoms with van der Waals surface area (Å²) in [5, 5.41) is 4.50. The van der Waals surface area contributed by atoms with E-state index in [0.717, 1.165) is 12.8 Å². The van der Waals surface area contributed by atoms with Crippen LogP contribution in [0.5, 0.6) is 0 Å². The Hall–Kier alpha value is -2.31. The van der Waals surface area contributed by atoms with E-state index in [1.54, 1.807) is 5.32 Å². The summed E-state index contributed by atoms with van der Waals surface area (Å²) in [7, 11) is 0. The van der Waals surface area contributed by atoms with Crippen molar-refractivity contribution in [1.29, 1.82) is 0 Å². The summed E-state index contributed by atoms with van der Waals surface area (Å²) >= 11 is 0. The number of anilines is 1. The van der Waals surface area contributed by atoms with E-state index in [1.165, 1.54) is 24.3 Å². The summed E-state index contributed by atoms with van der Waals surface area (Å²) in [6.45, 7) is -1.38. The molecule has 1 unspecified atom stereocenters. The molecule has 2 amide bonds. The van der Waals surface area contributed by atoms with Crippen LogP contribution >= 0.6 is 0 Å². The maximum absolute atomic E-state index is 12.0. The number of hydrogen-bond acceptors (Lipinski definition) is 2. The van der Waals surface area contributed by atoms with Crippen molar-refractivity contribution < 1.29 is 22.8 Å². The fourth-order valence-corrected chi connectivity index (χ4v) is 2.30. The number of carbonyl (C=O) groups excluding carboxylic acids is 2. The zero-order valence-electron chi connectivity index (χ0n) is 12.3. The minimum atomic E-state index is -4.45. The van der Waals surface area contributed by atoms with Gasteiger partial charge in [-0.1, -0.05) is 12.2 Å². The Kier molecular flexibility index (Phi) is 5.41. The van der Waals surface area contributed by atoms with E-state index in [2.05, 4.69) is 5.32 Å². The van der Waals surface area contributed by atoms with E-state index in [-0.39, 0.29) is 17.4 Å². The normalized spacial score (nSPS) is 17.1. The van der Waals surface area contributed by atoms with Crippen LogP contribution in [0.1, 0.15) is 29.6 Å². The Morgan fingerprint density at radius 1 is 1.17 bits per heavy atom. The van der Waals surface area contributed by atoms with Crippen LogP contribution in [0.4, 0.5) is 18.9 Å². The van der Waals surface area contributed by atoms with Crippen LogP contribution in [0, 0.1) is 5.92 Å². The number of nitrogens with one attached hydrogen (secondary N) is 2. The number of allylic oxidation sites excluding steroid dienone is 2. The molecule has 4 nitrogen and oxygen atoms in total. The molecule has 7 heteroatoms. The van der Waals surface area contributed by atoms with Crippen LogP contribution in [0.3, 0.4) is 0 Å². The lowest BCUT2D eigenvalue weighted by Gasteiger charge is -2.10. The minimum absolute atomic E-state index is 0.103. The van der Waals surface area contributed by atoms with Crippen LogP contribution in [-0.2, 0) is 4.79 Å². The highest BCUT2D eigenvalue weighted by molar-refractivity contribution is 5.95. The van der Waals surface area contributed by atoms with Crippen molar-refractivity contribution in [2.24, 2.45) is 5.92 Å². The molecule has 0 saturated heterocycles. The first-order valence-electron chi connectivity index (χ1n) is 7.25. The highest BCUT2D eigenvalue weighted by Crippen LogP contribution is 2.21. The molecule has 1 aromatic rings. The molecule has 0 spiro atoms. The van der Waals surface area contributed by atoms with Crippen LogP contribution < -0.4 is 10.6 Å². The number of carbonyl (C=O) groups is 2. The lowest BCUT2D eigenvalue weighted by atomic mass is 10.0. The van der Waals surface area contributed by atoms with Gasteiger partial charge in [0.2, 0.25) is 5.91 Å². The molecule has 2 N–H and O–H groups in total. The number of alkyl halides is 3. The molecule has 1 aliphatic rings. The molecule has 23 heavy (non-hydrogen) atoms. The predicted molar refractivity (Wildman–Crippen MR) is 79.9 cm³/mol. The fraction of sp³-hybridized carbons (Fsp3) is 0.375. The van der Waals surface area contributed by atoms with Gasteiger partial charge < -0.3 is 10.6 Å². The third-order valence-electron chi connectivity index (χ3n) is 3.44. The number of hydrogen-bond donors (Lipinski definition) is 2. The second kappa shape index (κ2) is 7.30. The largest absolute Gasteiger partial charge is 0.405 e. The van der Waals surface area contributed by atoms with Gasteiger partial charge in [-0.15, -0.1) is 0 Å². The van der Waals surface area contributed by atoms with Crippen molar-refractivity contribution in [2.45, 2.75) is 25.4 Å². The molecule has 0 heterocycles. The molecule has 0 bridgehead atoms. The van der Waals surface area contributed by atoms with E-state index in [0.29, 0.717) is 12.1 Å². The molecule has 1 atom stereocenters. The Morgan fingerprint density at radius 3 is 2.43 bits per heavy atom. The Bertz CT molecular complexity index is 594. The van der Waals surface area contributed by atoms with Gasteiger partial charge in [0.15, 0.2) is 0 Å². The number of benzene rings is 1. The Balaban J connectivity index is 1.85. The lowest BCUT2D eigenvalue weighted by molar-refractivity contribution is -0.123. The van der Waals surface area contributed by atoms with Crippen LogP contribution in [0.25, 0.3) is 0 Å². The predicted octanol–water partition coefficient (Wildman–Crippen LogP) is 3.27. The first-order chi connectivity index (χ1) is 10.8. The smallest absolute Gasteiger partial charge is 0.343 e. The fourth-order valence-electron chi connectivity index (χ4n) is 2.30. The van der Waals surface area contributed by atoms with Crippen molar-refractivity contribution in [3.05, 3.63) is 42.0 Å². The van der Waals surface area contributed by atoms with E-state index in [1.807, 2.05) is 12.2 Å². The van der Waals surface area contributed by atoms with Crippen LogP contribution in [0.2, 0.25) is 0 Å². The summed E-state index contributed by atoms with van der Waals surface area (Å²) in [4.78, 5) is 23.4. The first kappa shape index (κ1) is 17.1. The molecule has 2 rings (SSSR count). The first-order valence-corrected chi connectivity index (χ1v) is 7.25. The molecule has 0 radical (unpaired) electrons. The molecule has 124 valence electrons. The van der Waals surface area contributed by atoms with Gasteiger partial charge in [0, 0.05) is 17.7 Å². The van der Waals surface area contributed by atoms with Gasteiger partial charge in [0.05, 0.1) is 0 Å². The average molecular weight is 326 g/mol. The summed E-state index contributed by atoms with van der Waals surface area (Å²) < 4.78 is 36.1. The summed E-state index contributed by atoms with van der Waals surface area (Å²) in [5.41, 5.74) is 0.607. The van der Waals surface area contributed by atoms with E-state index in [9.17, 15) is 22.8 Å². The van der Waals surface area contributed by atoms with Crippen molar-refractivity contribution in [1.82, 2.24) is 5.32 Å². The summed E-state index contributed by atoms with van der Waals surface area (Å²) in [5.74, 6) is -0.686. The SMILES string of the molecule is O=C(CC1C=CCC1)Nc1ccc(C(=O)NCC(F)(F)F)cc1. The Labute approximate surface area is 131 Å². The quantitative estimate of drug-likeness (QED) is 0.816. The Morgan fingerprint density at radius 2 is 1.87 bits per heavy atom. The second-order valence-electron chi connectivity index (χ2n) is 5.39. The van der Waals surface area contributed by atoms with Gasteiger partial charge in [-0.2, -0.15) is 13.2 Å². The molecule has 0 aromatic heterocycles. The zero-order chi connectivity index (χ0) is 16.9. The van der Waals surface area contributed by atoms with Gasteiger partial charge in [0.25, 0.3) is 5.91 Å². The summed E-state index contributed by atoms with van der Waals surface area (Å²) in [6, 6.07) is 5.73. The molecule has 0 saturated carbocycles. The number of rotatable bonds is 5.